The highest BCUT2D eigenvalue weighted by molar-refractivity contribution is 6.07. The van der Waals surface area contributed by atoms with Gasteiger partial charge in [0.25, 0.3) is 5.91 Å². The Morgan fingerprint density at radius 3 is 2.69 bits per heavy atom. The van der Waals surface area contributed by atoms with Gasteiger partial charge in [-0.25, -0.2) is 4.79 Å². The van der Waals surface area contributed by atoms with Gasteiger partial charge in [-0.3, -0.25) is 4.79 Å². The Bertz CT molecular complexity index is 979. The van der Waals surface area contributed by atoms with Crippen molar-refractivity contribution in [3.8, 4) is 22.8 Å². The molecule has 3 N–H and O–H groups in total. The smallest absolute Gasteiger partial charge is 0.337 e. The first-order chi connectivity index (χ1) is 12.5. The number of hydrogen-bond donors (Lipinski definition) is 3. The van der Waals surface area contributed by atoms with Crippen LogP contribution in [0.25, 0.3) is 11.3 Å². The number of anilines is 1. The number of benzene rings is 2. The summed E-state index contributed by atoms with van der Waals surface area (Å²) >= 11 is 0. The molecule has 1 heterocycles. The Morgan fingerprint density at radius 1 is 1.15 bits per heavy atom. The summed E-state index contributed by atoms with van der Waals surface area (Å²) in [7, 11) is 1.54. The molecule has 0 saturated carbocycles. The molecule has 8 heteroatoms. The van der Waals surface area contributed by atoms with E-state index in [0.717, 1.165) is 6.07 Å². The third kappa shape index (κ3) is 3.48. The maximum atomic E-state index is 12.3. The van der Waals surface area contributed by atoms with Crippen molar-refractivity contribution in [1.29, 1.82) is 0 Å². The van der Waals surface area contributed by atoms with Crippen molar-refractivity contribution in [2.45, 2.75) is 0 Å². The standard InChI is InChI=1S/C18H14N2O6/c1-25-12-4-2-3-10(7-12)16-9-15(20-26-16)17(22)19-14-6-5-11(21)8-13(14)18(23)24/h2-9,21H,1H3,(H,19,22)(H,23,24). The molecule has 8 nitrogen and oxygen atoms in total. The predicted molar refractivity (Wildman–Crippen MR) is 91.5 cm³/mol. The number of aromatic carboxylic acids is 1. The molecule has 0 fully saturated rings. The van der Waals surface area contributed by atoms with Crippen LogP contribution in [0.4, 0.5) is 5.69 Å². The number of carboxylic acid groups (broad SMARTS) is 1. The number of methoxy groups -OCH3 is 1. The van der Waals surface area contributed by atoms with Gasteiger partial charge < -0.3 is 24.8 Å². The number of rotatable bonds is 5. The Kier molecular flexibility index (Phi) is 4.57. The highest BCUT2D eigenvalue weighted by Gasteiger charge is 2.18. The predicted octanol–water partition coefficient (Wildman–Crippen LogP) is 3.01. The first kappa shape index (κ1) is 17.0. The van der Waals surface area contributed by atoms with Crippen molar-refractivity contribution in [3.05, 3.63) is 59.8 Å². The SMILES string of the molecule is COc1cccc(-c2cc(C(=O)Nc3ccc(O)cc3C(=O)O)no2)c1. The number of nitrogens with zero attached hydrogens (tertiary/aromatic N) is 1. The highest BCUT2D eigenvalue weighted by Crippen LogP contribution is 2.26. The zero-order valence-electron chi connectivity index (χ0n) is 13.6. The van der Waals surface area contributed by atoms with E-state index in [1.54, 1.807) is 24.3 Å². The number of carbonyl (C=O) groups excluding carboxylic acids is 1. The van der Waals surface area contributed by atoms with Crippen LogP contribution in [-0.4, -0.2) is 34.4 Å². The topological polar surface area (TPSA) is 122 Å². The van der Waals surface area contributed by atoms with Crippen LogP contribution in [0, 0.1) is 0 Å². The molecular formula is C18H14N2O6. The van der Waals surface area contributed by atoms with E-state index in [2.05, 4.69) is 10.5 Å². The quantitative estimate of drug-likeness (QED) is 0.602. The van der Waals surface area contributed by atoms with E-state index in [0.29, 0.717) is 17.1 Å². The highest BCUT2D eigenvalue weighted by atomic mass is 16.5. The van der Waals surface area contributed by atoms with E-state index in [9.17, 15) is 14.7 Å². The average molecular weight is 354 g/mol. The van der Waals surface area contributed by atoms with E-state index < -0.39 is 11.9 Å². The molecule has 0 bridgehead atoms. The van der Waals surface area contributed by atoms with Crippen LogP contribution in [0.15, 0.2) is 53.1 Å². The summed E-state index contributed by atoms with van der Waals surface area (Å²) in [6.07, 6.45) is 0. The van der Waals surface area contributed by atoms with Crippen LogP contribution in [0.3, 0.4) is 0 Å². The fourth-order valence-electron chi connectivity index (χ4n) is 2.30. The fourth-order valence-corrected chi connectivity index (χ4v) is 2.30. The van der Waals surface area contributed by atoms with Crippen LogP contribution >= 0.6 is 0 Å². The Balaban J connectivity index is 1.84. The fraction of sp³-hybridized carbons (Fsp3) is 0.0556. The monoisotopic (exact) mass is 354 g/mol. The van der Waals surface area contributed by atoms with Gasteiger partial charge in [-0.2, -0.15) is 0 Å². The van der Waals surface area contributed by atoms with E-state index in [1.165, 1.54) is 25.3 Å². The Morgan fingerprint density at radius 2 is 1.96 bits per heavy atom. The average Bonchev–Trinajstić information content (AvgIpc) is 3.13. The summed E-state index contributed by atoms with van der Waals surface area (Å²) in [5.74, 6) is -1.16. The lowest BCUT2D eigenvalue weighted by molar-refractivity contribution is 0.0697. The molecule has 0 unspecified atom stereocenters. The molecule has 0 atom stereocenters. The third-order valence-electron chi connectivity index (χ3n) is 3.58. The zero-order valence-corrected chi connectivity index (χ0v) is 13.6. The van der Waals surface area contributed by atoms with Crippen molar-refractivity contribution in [3.63, 3.8) is 0 Å². The van der Waals surface area contributed by atoms with Gasteiger partial charge in [0.15, 0.2) is 11.5 Å². The number of carbonyl (C=O) groups is 2. The molecule has 2 aromatic carbocycles. The number of amides is 1. The molecule has 1 amide bonds. The minimum absolute atomic E-state index is 0.0211. The lowest BCUT2D eigenvalue weighted by atomic mass is 10.1. The Labute approximate surface area is 147 Å². The van der Waals surface area contributed by atoms with Crippen LogP contribution in [0.2, 0.25) is 0 Å². The van der Waals surface area contributed by atoms with E-state index >= 15 is 0 Å². The summed E-state index contributed by atoms with van der Waals surface area (Å²) in [6, 6.07) is 12.1. The Hall–Kier alpha value is -3.81. The lowest BCUT2D eigenvalue weighted by Crippen LogP contribution is -2.15. The van der Waals surface area contributed by atoms with Crippen molar-refractivity contribution < 1.29 is 29.1 Å². The van der Waals surface area contributed by atoms with Gasteiger partial charge >= 0.3 is 5.97 Å². The number of phenolic OH excluding ortho intramolecular Hbond substituents is 1. The number of aromatic hydroxyl groups is 1. The van der Waals surface area contributed by atoms with Gasteiger partial charge in [-0.1, -0.05) is 17.3 Å². The molecule has 0 radical (unpaired) electrons. The molecule has 0 aliphatic rings. The number of nitrogens with one attached hydrogen (secondary N) is 1. The molecule has 1 aromatic heterocycles. The maximum Gasteiger partial charge on any atom is 0.337 e. The number of aromatic nitrogens is 1. The second kappa shape index (κ2) is 6.98. The summed E-state index contributed by atoms with van der Waals surface area (Å²) in [4.78, 5) is 23.6. The maximum absolute atomic E-state index is 12.3. The van der Waals surface area contributed by atoms with Crippen LogP contribution in [-0.2, 0) is 0 Å². The molecule has 0 spiro atoms. The number of hydrogen-bond acceptors (Lipinski definition) is 6. The molecule has 26 heavy (non-hydrogen) atoms. The first-order valence-corrected chi connectivity index (χ1v) is 7.46. The van der Waals surface area contributed by atoms with Gasteiger partial charge in [-0.15, -0.1) is 0 Å². The van der Waals surface area contributed by atoms with Crippen molar-refractivity contribution in [2.75, 3.05) is 12.4 Å². The summed E-state index contributed by atoms with van der Waals surface area (Å²) in [6.45, 7) is 0. The molecular weight excluding hydrogens is 340 g/mol. The van der Waals surface area contributed by atoms with E-state index in [4.69, 9.17) is 14.4 Å². The summed E-state index contributed by atoms with van der Waals surface area (Å²) < 4.78 is 10.3. The van der Waals surface area contributed by atoms with Gasteiger partial charge in [0.05, 0.1) is 18.4 Å². The number of phenols is 1. The van der Waals surface area contributed by atoms with Crippen LogP contribution in [0.1, 0.15) is 20.8 Å². The van der Waals surface area contributed by atoms with Gasteiger partial charge in [-0.05, 0) is 30.3 Å². The third-order valence-corrected chi connectivity index (χ3v) is 3.58. The van der Waals surface area contributed by atoms with Gasteiger partial charge in [0.2, 0.25) is 0 Å². The molecule has 3 aromatic rings. The van der Waals surface area contributed by atoms with Crippen LogP contribution < -0.4 is 10.1 Å². The van der Waals surface area contributed by atoms with E-state index in [-0.39, 0.29) is 22.7 Å². The van der Waals surface area contributed by atoms with E-state index in [1.807, 2.05) is 0 Å². The van der Waals surface area contributed by atoms with Crippen molar-refractivity contribution in [1.82, 2.24) is 5.16 Å². The van der Waals surface area contributed by atoms with Crippen molar-refractivity contribution in [2.24, 2.45) is 0 Å². The number of carboxylic acids is 1. The largest absolute Gasteiger partial charge is 0.508 e. The second-order valence-electron chi connectivity index (χ2n) is 5.30. The number of ether oxygens (including phenoxy) is 1. The summed E-state index contributed by atoms with van der Waals surface area (Å²) in [5, 5.41) is 24.7. The molecule has 132 valence electrons. The van der Waals surface area contributed by atoms with Crippen LogP contribution in [0.5, 0.6) is 11.5 Å². The minimum atomic E-state index is -1.28. The molecule has 0 saturated heterocycles. The molecule has 0 aliphatic heterocycles. The lowest BCUT2D eigenvalue weighted by Gasteiger charge is -2.07. The zero-order chi connectivity index (χ0) is 18.7. The van der Waals surface area contributed by atoms with Gasteiger partial charge in [0, 0.05) is 11.6 Å². The van der Waals surface area contributed by atoms with Gasteiger partial charge in [0.1, 0.15) is 11.5 Å². The molecule has 3 rings (SSSR count). The van der Waals surface area contributed by atoms with Crippen molar-refractivity contribution >= 4 is 17.6 Å². The second-order valence-corrected chi connectivity index (χ2v) is 5.30. The normalized spacial score (nSPS) is 10.3. The molecule has 0 aliphatic carbocycles. The first-order valence-electron chi connectivity index (χ1n) is 7.46. The summed E-state index contributed by atoms with van der Waals surface area (Å²) in [5.41, 5.74) is 0.445. The minimum Gasteiger partial charge on any atom is -0.508 e.